The van der Waals surface area contributed by atoms with Gasteiger partial charge in [0.15, 0.2) is 0 Å². The van der Waals surface area contributed by atoms with Gasteiger partial charge in [-0.05, 0) is 42.0 Å². The fraction of sp³-hybridized carbons (Fsp3) is 0. The van der Waals surface area contributed by atoms with Crippen LogP contribution in [0.15, 0.2) is 53.7 Å². The third-order valence-electron chi connectivity index (χ3n) is 2.29. The maximum atomic E-state index is 12.7. The Morgan fingerprint density at radius 3 is 2.37 bits per heavy atom. The van der Waals surface area contributed by atoms with E-state index in [9.17, 15) is 9.18 Å². The Morgan fingerprint density at radius 1 is 1.11 bits per heavy atom. The molecule has 0 N–H and O–H groups in total. The highest BCUT2D eigenvalue weighted by atomic mass is 35.5. The molecule has 0 fully saturated rings. The fourth-order valence-electron chi connectivity index (χ4n) is 1.32. The molecule has 0 radical (unpaired) electrons. The zero-order valence-corrected chi connectivity index (χ0v) is 10.5. The second-order valence-electron chi connectivity index (χ2n) is 3.67. The number of carbonyl (C=O) groups is 1. The van der Waals surface area contributed by atoms with Gasteiger partial charge >= 0.3 is 5.97 Å². The van der Waals surface area contributed by atoms with Gasteiger partial charge < -0.3 is 4.84 Å². The standard InChI is InChI=1S/C14H9ClFNO2/c15-12-5-1-10(2-6-12)9-17-19-14(18)11-3-7-13(16)8-4-11/h1-9H/b17-9+. The summed E-state index contributed by atoms with van der Waals surface area (Å²) in [5.41, 5.74) is 0.978. The van der Waals surface area contributed by atoms with Crippen LogP contribution in [0.25, 0.3) is 0 Å². The lowest BCUT2D eigenvalue weighted by molar-refractivity contribution is 0.0519. The molecule has 19 heavy (non-hydrogen) atoms. The van der Waals surface area contributed by atoms with E-state index in [1.807, 2.05) is 0 Å². The normalized spacial score (nSPS) is 10.6. The van der Waals surface area contributed by atoms with Gasteiger partial charge in [0.25, 0.3) is 0 Å². The molecule has 0 bridgehead atoms. The minimum atomic E-state index is -0.648. The second-order valence-corrected chi connectivity index (χ2v) is 4.11. The minimum absolute atomic E-state index is 0.231. The van der Waals surface area contributed by atoms with E-state index in [2.05, 4.69) is 9.99 Å². The first kappa shape index (κ1) is 13.2. The van der Waals surface area contributed by atoms with Crippen LogP contribution in [0.5, 0.6) is 0 Å². The highest BCUT2D eigenvalue weighted by Crippen LogP contribution is 2.08. The van der Waals surface area contributed by atoms with E-state index in [-0.39, 0.29) is 5.56 Å². The quantitative estimate of drug-likeness (QED) is 0.488. The Labute approximate surface area is 114 Å². The van der Waals surface area contributed by atoms with Gasteiger partial charge in [0.05, 0.1) is 11.8 Å². The van der Waals surface area contributed by atoms with Crippen LogP contribution in [-0.2, 0) is 4.84 Å². The van der Waals surface area contributed by atoms with Crippen molar-refractivity contribution in [2.75, 3.05) is 0 Å². The smallest absolute Gasteiger partial charge is 0.313 e. The van der Waals surface area contributed by atoms with Crippen molar-refractivity contribution in [1.82, 2.24) is 0 Å². The van der Waals surface area contributed by atoms with E-state index in [4.69, 9.17) is 11.6 Å². The van der Waals surface area contributed by atoms with E-state index in [1.54, 1.807) is 24.3 Å². The Balaban J connectivity index is 1.96. The highest BCUT2D eigenvalue weighted by molar-refractivity contribution is 6.30. The highest BCUT2D eigenvalue weighted by Gasteiger charge is 2.06. The number of carbonyl (C=O) groups excluding carboxylic acids is 1. The summed E-state index contributed by atoms with van der Waals surface area (Å²) < 4.78 is 12.7. The fourth-order valence-corrected chi connectivity index (χ4v) is 1.45. The Kier molecular flexibility index (Phi) is 4.26. The predicted octanol–water partition coefficient (Wildman–Crippen LogP) is 3.67. The van der Waals surface area contributed by atoms with Crippen molar-refractivity contribution in [3.05, 3.63) is 70.5 Å². The largest absolute Gasteiger partial charge is 0.365 e. The number of hydrogen-bond acceptors (Lipinski definition) is 3. The summed E-state index contributed by atoms with van der Waals surface area (Å²) >= 11 is 5.73. The summed E-state index contributed by atoms with van der Waals surface area (Å²) in [5, 5.41) is 4.17. The second kappa shape index (κ2) is 6.11. The van der Waals surface area contributed by atoms with Crippen LogP contribution in [0, 0.1) is 5.82 Å². The SMILES string of the molecule is O=C(O/N=C/c1ccc(Cl)cc1)c1ccc(F)cc1. The predicted molar refractivity (Wildman–Crippen MR) is 70.9 cm³/mol. The third kappa shape index (κ3) is 3.89. The molecule has 2 aromatic rings. The number of oxime groups is 1. The van der Waals surface area contributed by atoms with Gasteiger partial charge in [0.2, 0.25) is 0 Å². The molecule has 0 aliphatic carbocycles. The van der Waals surface area contributed by atoms with Crippen molar-refractivity contribution in [2.24, 2.45) is 5.16 Å². The zero-order valence-electron chi connectivity index (χ0n) is 9.72. The molecule has 0 saturated heterocycles. The van der Waals surface area contributed by atoms with Gasteiger partial charge in [-0.15, -0.1) is 0 Å². The molecule has 0 aliphatic rings. The first-order valence-electron chi connectivity index (χ1n) is 5.41. The summed E-state index contributed by atoms with van der Waals surface area (Å²) in [7, 11) is 0. The molecule has 5 heteroatoms. The van der Waals surface area contributed by atoms with Gasteiger partial charge in [-0.2, -0.15) is 0 Å². The van der Waals surface area contributed by atoms with Crippen LogP contribution < -0.4 is 0 Å². The first-order valence-corrected chi connectivity index (χ1v) is 5.79. The molecule has 3 nitrogen and oxygen atoms in total. The monoisotopic (exact) mass is 277 g/mol. The van der Waals surface area contributed by atoms with Crippen molar-refractivity contribution >= 4 is 23.8 Å². The third-order valence-corrected chi connectivity index (χ3v) is 2.54. The molecule has 96 valence electrons. The van der Waals surface area contributed by atoms with E-state index in [1.165, 1.54) is 30.5 Å². The Bertz CT molecular complexity index is 594. The maximum absolute atomic E-state index is 12.7. The number of nitrogens with zero attached hydrogens (tertiary/aromatic N) is 1. The van der Waals surface area contributed by atoms with Crippen LogP contribution in [0.3, 0.4) is 0 Å². The molecule has 2 aromatic carbocycles. The van der Waals surface area contributed by atoms with E-state index in [0.717, 1.165) is 5.56 Å². The van der Waals surface area contributed by atoms with Crippen LogP contribution in [0.4, 0.5) is 4.39 Å². The van der Waals surface area contributed by atoms with Crippen molar-refractivity contribution in [3.8, 4) is 0 Å². The van der Waals surface area contributed by atoms with Gasteiger partial charge in [0, 0.05) is 5.02 Å². The zero-order chi connectivity index (χ0) is 13.7. The lowest BCUT2D eigenvalue weighted by atomic mass is 10.2. The van der Waals surface area contributed by atoms with Gasteiger partial charge in [-0.1, -0.05) is 28.9 Å². The number of halogens is 2. The van der Waals surface area contributed by atoms with Gasteiger partial charge in [-0.3, -0.25) is 0 Å². The molecule has 2 rings (SSSR count). The summed E-state index contributed by atoms with van der Waals surface area (Å²) in [4.78, 5) is 16.2. The molecule has 0 heterocycles. The molecule has 0 atom stereocenters. The van der Waals surface area contributed by atoms with Crippen molar-refractivity contribution in [1.29, 1.82) is 0 Å². The summed E-state index contributed by atoms with van der Waals surface area (Å²) in [6.07, 6.45) is 1.39. The number of rotatable bonds is 3. The van der Waals surface area contributed by atoms with Gasteiger partial charge in [0.1, 0.15) is 5.82 Å². The molecule has 0 aliphatic heterocycles. The average molecular weight is 278 g/mol. The van der Waals surface area contributed by atoms with Crippen LogP contribution >= 0.6 is 11.6 Å². The topological polar surface area (TPSA) is 38.7 Å². The molecular formula is C14H9ClFNO2. The number of hydrogen-bond donors (Lipinski definition) is 0. The van der Waals surface area contributed by atoms with Crippen LogP contribution in [0.2, 0.25) is 5.02 Å². The summed E-state index contributed by atoms with van der Waals surface area (Å²) in [6.45, 7) is 0. The molecule has 0 unspecified atom stereocenters. The number of benzene rings is 2. The van der Waals surface area contributed by atoms with Crippen LogP contribution in [0.1, 0.15) is 15.9 Å². The van der Waals surface area contributed by atoms with Crippen molar-refractivity contribution < 1.29 is 14.0 Å². The maximum Gasteiger partial charge on any atom is 0.365 e. The van der Waals surface area contributed by atoms with E-state index < -0.39 is 11.8 Å². The molecule has 0 saturated carbocycles. The van der Waals surface area contributed by atoms with Crippen LogP contribution in [-0.4, -0.2) is 12.2 Å². The molecule has 0 spiro atoms. The minimum Gasteiger partial charge on any atom is -0.313 e. The van der Waals surface area contributed by atoms with E-state index in [0.29, 0.717) is 5.02 Å². The molecule has 0 amide bonds. The van der Waals surface area contributed by atoms with Crippen molar-refractivity contribution in [2.45, 2.75) is 0 Å². The lowest BCUT2D eigenvalue weighted by Crippen LogP contribution is -2.00. The van der Waals surface area contributed by atoms with Crippen molar-refractivity contribution in [3.63, 3.8) is 0 Å². The Hall–Kier alpha value is -2.20. The average Bonchev–Trinajstić information content (AvgIpc) is 2.41. The van der Waals surface area contributed by atoms with E-state index >= 15 is 0 Å². The lowest BCUT2D eigenvalue weighted by Gasteiger charge is -1.97. The van der Waals surface area contributed by atoms with Gasteiger partial charge in [-0.25, -0.2) is 9.18 Å². The summed E-state index contributed by atoms with van der Waals surface area (Å²) in [6, 6.07) is 11.9. The molecular weight excluding hydrogens is 269 g/mol. The Morgan fingerprint density at radius 2 is 1.74 bits per heavy atom. The molecule has 0 aromatic heterocycles. The first-order chi connectivity index (χ1) is 9.15. The summed E-state index contributed by atoms with van der Waals surface area (Å²) in [5.74, 6) is -1.06.